The molecule has 0 unspecified atom stereocenters. The van der Waals surface area contributed by atoms with Gasteiger partial charge in [0.2, 0.25) is 0 Å². The molecule has 124 valence electrons. The van der Waals surface area contributed by atoms with Crippen LogP contribution in [-0.4, -0.2) is 37.1 Å². The Labute approximate surface area is 145 Å². The molecule has 2 aromatic heterocycles. The van der Waals surface area contributed by atoms with Gasteiger partial charge in [0.05, 0.1) is 16.6 Å². The summed E-state index contributed by atoms with van der Waals surface area (Å²) >= 11 is 3.54. The minimum atomic E-state index is 0.487. The molecule has 2 aromatic rings. The van der Waals surface area contributed by atoms with Gasteiger partial charge >= 0.3 is 0 Å². The number of anilines is 1. The lowest BCUT2D eigenvalue weighted by atomic mass is 10.1. The van der Waals surface area contributed by atoms with Crippen LogP contribution in [0, 0.1) is 6.92 Å². The maximum absolute atomic E-state index is 4.34. The zero-order chi connectivity index (χ0) is 16.1. The highest BCUT2D eigenvalue weighted by atomic mass is 32.1. The van der Waals surface area contributed by atoms with Gasteiger partial charge in [-0.2, -0.15) is 0 Å². The molecule has 3 heterocycles. The SMILES string of the molecule is CN=C(NCc1cnc(C)s1)NC1CCN(c2cccs2)CC1. The lowest BCUT2D eigenvalue weighted by Gasteiger charge is -2.33. The fraction of sp³-hybridized carbons (Fsp3) is 0.500. The van der Waals surface area contributed by atoms with Crippen molar-refractivity contribution >= 4 is 33.6 Å². The van der Waals surface area contributed by atoms with E-state index < -0.39 is 0 Å². The number of thiophene rings is 1. The average Bonchev–Trinajstić information content (AvgIpc) is 3.24. The average molecular weight is 350 g/mol. The molecule has 7 heteroatoms. The van der Waals surface area contributed by atoms with Crippen LogP contribution in [0.4, 0.5) is 5.00 Å². The zero-order valence-electron chi connectivity index (χ0n) is 13.6. The van der Waals surface area contributed by atoms with Crippen LogP contribution < -0.4 is 15.5 Å². The summed E-state index contributed by atoms with van der Waals surface area (Å²) in [5.41, 5.74) is 0. The molecule has 1 saturated heterocycles. The highest BCUT2D eigenvalue weighted by Gasteiger charge is 2.20. The number of thiazole rings is 1. The van der Waals surface area contributed by atoms with Gasteiger partial charge in [-0.3, -0.25) is 4.99 Å². The van der Waals surface area contributed by atoms with Crippen LogP contribution in [0.3, 0.4) is 0 Å². The minimum Gasteiger partial charge on any atom is -0.363 e. The van der Waals surface area contributed by atoms with Gasteiger partial charge in [0.1, 0.15) is 0 Å². The third-order valence-electron chi connectivity index (χ3n) is 3.98. The molecule has 3 rings (SSSR count). The van der Waals surface area contributed by atoms with Gasteiger partial charge in [-0.1, -0.05) is 0 Å². The van der Waals surface area contributed by atoms with Crippen LogP contribution in [0.25, 0.3) is 0 Å². The molecular formula is C16H23N5S2. The molecule has 0 amide bonds. The number of nitrogens with one attached hydrogen (secondary N) is 2. The molecule has 0 atom stereocenters. The molecule has 1 aliphatic heterocycles. The molecule has 0 bridgehead atoms. The number of hydrogen-bond acceptors (Lipinski definition) is 5. The first-order valence-electron chi connectivity index (χ1n) is 7.91. The first-order valence-corrected chi connectivity index (χ1v) is 9.61. The second kappa shape index (κ2) is 7.79. The maximum Gasteiger partial charge on any atom is 0.191 e. The predicted octanol–water partition coefficient (Wildman–Crippen LogP) is 2.85. The Morgan fingerprint density at radius 1 is 1.43 bits per heavy atom. The third-order valence-corrected chi connectivity index (χ3v) is 5.82. The van der Waals surface area contributed by atoms with Gasteiger partial charge in [0, 0.05) is 37.3 Å². The largest absolute Gasteiger partial charge is 0.363 e. The molecule has 23 heavy (non-hydrogen) atoms. The molecular weight excluding hydrogens is 326 g/mol. The number of aliphatic imine (C=N–C) groups is 1. The van der Waals surface area contributed by atoms with E-state index in [1.54, 1.807) is 11.3 Å². The number of aromatic nitrogens is 1. The molecule has 0 saturated carbocycles. The Hall–Kier alpha value is -1.60. The fourth-order valence-corrected chi connectivity index (χ4v) is 4.26. The van der Waals surface area contributed by atoms with Crippen LogP contribution >= 0.6 is 22.7 Å². The van der Waals surface area contributed by atoms with Gasteiger partial charge in [-0.15, -0.1) is 22.7 Å². The topological polar surface area (TPSA) is 52.6 Å². The van der Waals surface area contributed by atoms with Crippen molar-refractivity contribution in [3.8, 4) is 0 Å². The smallest absolute Gasteiger partial charge is 0.191 e. The summed E-state index contributed by atoms with van der Waals surface area (Å²) < 4.78 is 0. The maximum atomic E-state index is 4.34. The first-order chi connectivity index (χ1) is 11.2. The van der Waals surface area contributed by atoms with Gasteiger partial charge < -0.3 is 15.5 Å². The van der Waals surface area contributed by atoms with E-state index in [1.165, 1.54) is 9.88 Å². The van der Waals surface area contributed by atoms with E-state index in [0.717, 1.165) is 43.4 Å². The van der Waals surface area contributed by atoms with Crippen LogP contribution in [0.15, 0.2) is 28.7 Å². The number of piperidine rings is 1. The van der Waals surface area contributed by atoms with Crippen molar-refractivity contribution in [1.29, 1.82) is 0 Å². The minimum absolute atomic E-state index is 0.487. The summed E-state index contributed by atoms with van der Waals surface area (Å²) in [4.78, 5) is 12.3. The van der Waals surface area contributed by atoms with Gasteiger partial charge in [-0.25, -0.2) is 4.98 Å². The van der Waals surface area contributed by atoms with E-state index in [1.807, 2.05) is 31.5 Å². The molecule has 0 spiro atoms. The molecule has 5 nitrogen and oxygen atoms in total. The summed E-state index contributed by atoms with van der Waals surface area (Å²) in [6.45, 7) is 5.01. The Balaban J connectivity index is 1.45. The van der Waals surface area contributed by atoms with E-state index in [4.69, 9.17) is 0 Å². The van der Waals surface area contributed by atoms with Gasteiger partial charge in [0.15, 0.2) is 5.96 Å². The van der Waals surface area contributed by atoms with Gasteiger partial charge in [-0.05, 0) is 37.3 Å². The van der Waals surface area contributed by atoms with Crippen LogP contribution in [0.5, 0.6) is 0 Å². The zero-order valence-corrected chi connectivity index (χ0v) is 15.2. The summed E-state index contributed by atoms with van der Waals surface area (Å²) in [6, 6.07) is 4.81. The summed E-state index contributed by atoms with van der Waals surface area (Å²) in [5, 5.41) is 11.6. The van der Waals surface area contributed by atoms with Crippen LogP contribution in [0.2, 0.25) is 0 Å². The van der Waals surface area contributed by atoms with Crippen molar-refractivity contribution in [2.75, 3.05) is 25.0 Å². The van der Waals surface area contributed by atoms with E-state index in [-0.39, 0.29) is 0 Å². The summed E-state index contributed by atoms with van der Waals surface area (Å²) in [5.74, 6) is 0.880. The second-order valence-electron chi connectivity index (χ2n) is 5.63. The standard InChI is InChI=1S/C16H23N5S2/c1-12-18-10-14(23-12)11-19-16(17-2)20-13-5-7-21(8-6-13)15-4-3-9-22-15/h3-4,9-10,13H,5-8,11H2,1-2H3,(H2,17,19,20). The normalized spacial score (nSPS) is 16.6. The number of aryl methyl sites for hydroxylation is 1. The number of guanidine groups is 1. The second-order valence-corrected chi connectivity index (χ2v) is 7.87. The molecule has 1 aliphatic rings. The van der Waals surface area contributed by atoms with Crippen LogP contribution in [0.1, 0.15) is 22.7 Å². The lowest BCUT2D eigenvalue weighted by Crippen LogP contribution is -2.48. The van der Waals surface area contributed by atoms with Crippen molar-refractivity contribution in [3.63, 3.8) is 0 Å². The third kappa shape index (κ3) is 4.45. The Morgan fingerprint density at radius 2 is 2.26 bits per heavy atom. The monoisotopic (exact) mass is 349 g/mol. The van der Waals surface area contributed by atoms with E-state index in [9.17, 15) is 0 Å². The Kier molecular flexibility index (Phi) is 5.51. The highest BCUT2D eigenvalue weighted by Crippen LogP contribution is 2.24. The molecule has 0 radical (unpaired) electrons. The van der Waals surface area contributed by atoms with Crippen molar-refractivity contribution in [2.45, 2.75) is 32.4 Å². The van der Waals surface area contributed by atoms with Crippen LogP contribution in [-0.2, 0) is 6.54 Å². The summed E-state index contributed by atoms with van der Waals surface area (Å²) in [7, 11) is 1.83. The van der Waals surface area contributed by atoms with Gasteiger partial charge in [0.25, 0.3) is 0 Å². The fourth-order valence-electron chi connectivity index (χ4n) is 2.74. The molecule has 1 fully saturated rings. The Morgan fingerprint density at radius 3 is 2.87 bits per heavy atom. The molecule has 0 aromatic carbocycles. The predicted molar refractivity (Wildman–Crippen MR) is 99.7 cm³/mol. The quantitative estimate of drug-likeness (QED) is 0.658. The molecule has 0 aliphatic carbocycles. The Bertz CT molecular complexity index is 627. The van der Waals surface area contributed by atoms with Crippen molar-refractivity contribution in [2.24, 2.45) is 4.99 Å². The van der Waals surface area contributed by atoms with Crippen molar-refractivity contribution in [1.82, 2.24) is 15.6 Å². The van der Waals surface area contributed by atoms with E-state index >= 15 is 0 Å². The first kappa shape index (κ1) is 16.3. The van der Waals surface area contributed by atoms with E-state index in [2.05, 4.69) is 43.0 Å². The van der Waals surface area contributed by atoms with Crippen molar-refractivity contribution in [3.05, 3.63) is 33.6 Å². The molecule has 2 N–H and O–H groups in total. The summed E-state index contributed by atoms with van der Waals surface area (Å²) in [6.07, 6.45) is 4.20. The van der Waals surface area contributed by atoms with Crippen molar-refractivity contribution < 1.29 is 0 Å². The number of nitrogens with zero attached hydrogens (tertiary/aromatic N) is 3. The number of rotatable bonds is 4. The highest BCUT2D eigenvalue weighted by molar-refractivity contribution is 7.14. The van der Waals surface area contributed by atoms with E-state index in [0.29, 0.717) is 6.04 Å². The number of hydrogen-bond donors (Lipinski definition) is 2. The lowest BCUT2D eigenvalue weighted by molar-refractivity contribution is 0.463.